The number of fused-ring (bicyclic) bond motifs is 1. The number of hydrogen-bond donors (Lipinski definition) is 1. The molecule has 2 aromatic rings. The SMILES string of the molecule is Cc1ccc(C2=C(O)c3ncccc3CS2(=O)=O)c(Cl)c1N1CCOC1=O. The number of sulfone groups is 1. The van der Waals surface area contributed by atoms with Gasteiger partial charge in [0.2, 0.25) is 0 Å². The lowest BCUT2D eigenvalue weighted by Gasteiger charge is -2.23. The topological polar surface area (TPSA) is 96.8 Å². The van der Waals surface area contributed by atoms with Gasteiger partial charge in [0, 0.05) is 11.8 Å². The Morgan fingerprint density at radius 2 is 2.07 bits per heavy atom. The average molecular weight is 407 g/mol. The van der Waals surface area contributed by atoms with E-state index in [0.717, 1.165) is 0 Å². The number of aryl methyl sites for hydroxylation is 1. The van der Waals surface area contributed by atoms with Gasteiger partial charge in [0.1, 0.15) is 17.2 Å². The number of ether oxygens (including phenoxy) is 1. The van der Waals surface area contributed by atoms with E-state index in [2.05, 4.69) is 4.98 Å². The molecule has 9 heteroatoms. The highest BCUT2D eigenvalue weighted by molar-refractivity contribution is 8.00. The molecule has 2 aliphatic heterocycles. The van der Waals surface area contributed by atoms with Gasteiger partial charge in [-0.2, -0.15) is 0 Å². The predicted octanol–water partition coefficient (Wildman–Crippen LogP) is 3.31. The third-order valence-electron chi connectivity index (χ3n) is 4.58. The van der Waals surface area contributed by atoms with Gasteiger partial charge in [-0.1, -0.05) is 29.8 Å². The van der Waals surface area contributed by atoms with Crippen molar-refractivity contribution in [2.75, 3.05) is 18.1 Å². The van der Waals surface area contributed by atoms with Crippen molar-refractivity contribution in [2.45, 2.75) is 12.7 Å². The maximum absolute atomic E-state index is 12.9. The summed E-state index contributed by atoms with van der Waals surface area (Å²) in [5.74, 6) is -0.738. The molecule has 1 N–H and O–H groups in total. The van der Waals surface area contributed by atoms with Crippen LogP contribution in [0.5, 0.6) is 0 Å². The number of anilines is 1. The molecule has 7 nitrogen and oxygen atoms in total. The molecule has 140 valence electrons. The number of hydrogen-bond acceptors (Lipinski definition) is 6. The summed E-state index contributed by atoms with van der Waals surface area (Å²) in [5.41, 5.74) is 1.82. The van der Waals surface area contributed by atoms with Crippen LogP contribution in [-0.2, 0) is 20.3 Å². The van der Waals surface area contributed by atoms with Gasteiger partial charge in [-0.3, -0.25) is 9.88 Å². The van der Waals surface area contributed by atoms with Crippen molar-refractivity contribution in [3.05, 3.63) is 57.9 Å². The molecule has 0 bridgehead atoms. The lowest BCUT2D eigenvalue weighted by molar-refractivity contribution is 0.181. The molecule has 0 atom stereocenters. The van der Waals surface area contributed by atoms with Crippen molar-refractivity contribution in [1.82, 2.24) is 4.98 Å². The van der Waals surface area contributed by atoms with Crippen molar-refractivity contribution in [1.29, 1.82) is 0 Å². The Bertz CT molecular complexity index is 1110. The number of cyclic esters (lactones) is 1. The second-order valence-corrected chi connectivity index (χ2v) is 8.61. The van der Waals surface area contributed by atoms with Gasteiger partial charge >= 0.3 is 6.09 Å². The smallest absolute Gasteiger partial charge is 0.414 e. The van der Waals surface area contributed by atoms with E-state index < -0.39 is 21.7 Å². The number of aliphatic hydroxyl groups excluding tert-OH is 1. The molecule has 0 radical (unpaired) electrons. The predicted molar refractivity (Wildman–Crippen MR) is 101 cm³/mol. The molecule has 0 saturated carbocycles. The Balaban J connectivity index is 1.97. The lowest BCUT2D eigenvalue weighted by atomic mass is 10.1. The van der Waals surface area contributed by atoms with Gasteiger partial charge in [-0.15, -0.1) is 0 Å². The Hall–Kier alpha value is -2.58. The van der Waals surface area contributed by atoms with Crippen LogP contribution in [0.2, 0.25) is 5.02 Å². The first-order chi connectivity index (χ1) is 12.8. The van der Waals surface area contributed by atoms with Crippen LogP contribution in [0.4, 0.5) is 10.5 Å². The molecule has 0 spiro atoms. The van der Waals surface area contributed by atoms with Crippen LogP contribution < -0.4 is 4.90 Å². The quantitative estimate of drug-likeness (QED) is 0.821. The van der Waals surface area contributed by atoms with Crippen LogP contribution in [0.3, 0.4) is 0 Å². The molecule has 27 heavy (non-hydrogen) atoms. The molecular formula is C18H15ClN2O5S. The van der Waals surface area contributed by atoms with Crippen molar-refractivity contribution in [3.8, 4) is 0 Å². The third-order valence-corrected chi connectivity index (χ3v) is 6.69. The number of rotatable bonds is 2. The summed E-state index contributed by atoms with van der Waals surface area (Å²) < 4.78 is 30.7. The van der Waals surface area contributed by atoms with Crippen LogP contribution in [-0.4, -0.2) is 37.8 Å². The summed E-state index contributed by atoms with van der Waals surface area (Å²) >= 11 is 6.53. The van der Waals surface area contributed by atoms with E-state index in [0.29, 0.717) is 23.4 Å². The fourth-order valence-electron chi connectivity index (χ4n) is 3.36. The van der Waals surface area contributed by atoms with Crippen LogP contribution >= 0.6 is 11.6 Å². The zero-order valence-corrected chi connectivity index (χ0v) is 15.8. The second kappa shape index (κ2) is 6.24. The monoisotopic (exact) mass is 406 g/mol. The van der Waals surface area contributed by atoms with E-state index in [1.807, 2.05) is 0 Å². The normalized spacial score (nSPS) is 18.4. The van der Waals surface area contributed by atoms with E-state index in [-0.39, 0.29) is 33.5 Å². The van der Waals surface area contributed by atoms with Crippen molar-refractivity contribution in [2.24, 2.45) is 0 Å². The maximum atomic E-state index is 12.9. The maximum Gasteiger partial charge on any atom is 0.414 e. The first-order valence-corrected chi connectivity index (χ1v) is 10.2. The van der Waals surface area contributed by atoms with Crippen LogP contribution in [0, 0.1) is 6.92 Å². The summed E-state index contributed by atoms with van der Waals surface area (Å²) in [6, 6.07) is 6.41. The summed E-state index contributed by atoms with van der Waals surface area (Å²) in [6.45, 7) is 2.30. The fraction of sp³-hybridized carbons (Fsp3) is 0.222. The minimum absolute atomic E-state index is 0.0679. The molecule has 0 aliphatic carbocycles. The number of nitrogens with zero attached hydrogens (tertiary/aromatic N) is 2. The Morgan fingerprint density at radius 3 is 2.78 bits per heavy atom. The number of halogens is 1. The van der Waals surface area contributed by atoms with E-state index in [4.69, 9.17) is 16.3 Å². The minimum Gasteiger partial charge on any atom is -0.504 e. The Kier molecular flexibility index (Phi) is 4.12. The standard InChI is InChI=1S/C18H15ClN2O5S/c1-10-4-5-12(13(19)15(10)21-7-8-26-18(21)23)17-16(22)14-11(3-2-6-20-14)9-27(17,24)25/h2-6,22H,7-9H2,1H3. The van der Waals surface area contributed by atoms with Crippen LogP contribution in [0.1, 0.15) is 22.4 Å². The van der Waals surface area contributed by atoms with Gasteiger partial charge in [0.05, 0.1) is 23.0 Å². The van der Waals surface area contributed by atoms with E-state index in [1.54, 1.807) is 25.1 Å². The first kappa shape index (κ1) is 17.8. The summed E-state index contributed by atoms with van der Waals surface area (Å²) in [7, 11) is -3.86. The summed E-state index contributed by atoms with van der Waals surface area (Å²) in [5, 5.41) is 10.8. The molecular weight excluding hydrogens is 392 g/mol. The molecule has 1 aromatic carbocycles. The van der Waals surface area contributed by atoms with Gasteiger partial charge < -0.3 is 9.84 Å². The fourth-order valence-corrected chi connectivity index (χ4v) is 5.51. The minimum atomic E-state index is -3.86. The number of pyridine rings is 1. The zero-order chi connectivity index (χ0) is 19.3. The van der Waals surface area contributed by atoms with Gasteiger partial charge in [0.15, 0.2) is 15.6 Å². The third kappa shape index (κ3) is 2.76. The lowest BCUT2D eigenvalue weighted by Crippen LogP contribution is -2.25. The first-order valence-electron chi connectivity index (χ1n) is 8.15. The average Bonchev–Trinajstić information content (AvgIpc) is 3.02. The number of carbonyl (C=O) groups excluding carboxylic acids is 1. The van der Waals surface area contributed by atoms with Gasteiger partial charge in [0.25, 0.3) is 0 Å². The molecule has 1 aromatic heterocycles. The van der Waals surface area contributed by atoms with Crippen molar-refractivity contribution >= 4 is 43.9 Å². The number of amides is 1. The molecule has 1 amide bonds. The molecule has 0 unspecified atom stereocenters. The number of benzene rings is 1. The molecule has 1 fully saturated rings. The zero-order valence-electron chi connectivity index (χ0n) is 14.3. The van der Waals surface area contributed by atoms with E-state index in [9.17, 15) is 18.3 Å². The summed E-state index contributed by atoms with van der Waals surface area (Å²) in [6.07, 6.45) is 0.932. The number of aliphatic hydroxyl groups is 1. The van der Waals surface area contributed by atoms with Crippen molar-refractivity contribution in [3.63, 3.8) is 0 Å². The Morgan fingerprint density at radius 1 is 1.30 bits per heavy atom. The second-order valence-electron chi connectivity index (χ2n) is 6.31. The number of aromatic nitrogens is 1. The number of carbonyl (C=O) groups is 1. The molecule has 1 saturated heterocycles. The highest BCUT2D eigenvalue weighted by Crippen LogP contribution is 2.43. The largest absolute Gasteiger partial charge is 0.504 e. The highest BCUT2D eigenvalue weighted by Gasteiger charge is 2.36. The summed E-state index contributed by atoms with van der Waals surface area (Å²) in [4.78, 5) is 17.2. The molecule has 3 heterocycles. The van der Waals surface area contributed by atoms with E-state index in [1.165, 1.54) is 17.2 Å². The van der Waals surface area contributed by atoms with Gasteiger partial charge in [-0.05, 0) is 24.1 Å². The molecule has 4 rings (SSSR count). The van der Waals surface area contributed by atoms with Crippen molar-refractivity contribution < 1.29 is 23.1 Å². The molecule has 2 aliphatic rings. The van der Waals surface area contributed by atoms with Crippen LogP contribution in [0.25, 0.3) is 10.7 Å². The highest BCUT2D eigenvalue weighted by atomic mass is 35.5. The van der Waals surface area contributed by atoms with Crippen LogP contribution in [0.15, 0.2) is 30.5 Å². The van der Waals surface area contributed by atoms with Gasteiger partial charge in [-0.25, -0.2) is 13.2 Å². The van der Waals surface area contributed by atoms with E-state index >= 15 is 0 Å². The Labute approximate surface area is 160 Å².